The van der Waals surface area contributed by atoms with Crippen LogP contribution in [0, 0.1) is 0 Å². The van der Waals surface area contributed by atoms with Gasteiger partial charge in [-0.3, -0.25) is 4.79 Å². The molecule has 0 aromatic heterocycles. The van der Waals surface area contributed by atoms with Crippen LogP contribution in [0.1, 0.15) is 6.42 Å². The number of hydrogen-bond donors (Lipinski definition) is 1. The highest BCUT2D eigenvalue weighted by molar-refractivity contribution is 5.77. The quantitative estimate of drug-likeness (QED) is 0.671. The molecule has 3 nitrogen and oxygen atoms in total. The van der Waals surface area contributed by atoms with Gasteiger partial charge in [0.1, 0.15) is 0 Å². The molecule has 6 heteroatoms. The van der Waals surface area contributed by atoms with Crippen molar-refractivity contribution in [2.75, 3.05) is 27.2 Å². The Kier molecular flexibility index (Phi) is 4.76. The Morgan fingerprint density at radius 3 is 2.31 bits per heavy atom. The fourth-order valence-corrected chi connectivity index (χ4v) is 0.584. The van der Waals surface area contributed by atoms with Crippen molar-refractivity contribution in [3.63, 3.8) is 0 Å². The smallest absolute Gasteiger partial charge is 0.348 e. The number of rotatable bonds is 4. The fourth-order valence-electron chi connectivity index (χ4n) is 0.584. The zero-order valence-electron chi connectivity index (χ0n) is 7.61. The summed E-state index contributed by atoms with van der Waals surface area (Å²) < 4.78 is 34.8. The van der Waals surface area contributed by atoms with Gasteiger partial charge in [-0.05, 0) is 0 Å². The van der Waals surface area contributed by atoms with E-state index in [0.717, 1.165) is 0 Å². The van der Waals surface area contributed by atoms with E-state index in [2.05, 4.69) is 5.32 Å². The standard InChI is InChI=1S/C7H13F3N2O/c1-12(2)6(13)5-11-4-3-7(8,9)10/h11H,3-5H2,1-2H3. The highest BCUT2D eigenvalue weighted by atomic mass is 19.4. The number of alkyl halides is 3. The first-order chi connectivity index (χ1) is 5.83. The summed E-state index contributed by atoms with van der Waals surface area (Å²) in [5, 5.41) is 2.41. The third kappa shape index (κ3) is 7.58. The van der Waals surface area contributed by atoms with Gasteiger partial charge in [-0.2, -0.15) is 13.2 Å². The van der Waals surface area contributed by atoms with Crippen LogP contribution in [0.5, 0.6) is 0 Å². The van der Waals surface area contributed by atoms with Crippen LogP contribution in [0.15, 0.2) is 0 Å². The molecule has 0 bridgehead atoms. The number of hydrogen-bond acceptors (Lipinski definition) is 2. The van der Waals surface area contributed by atoms with Crippen LogP contribution in [-0.2, 0) is 4.79 Å². The Bertz CT molecular complexity index is 168. The molecule has 0 heterocycles. The molecule has 0 atom stereocenters. The van der Waals surface area contributed by atoms with E-state index < -0.39 is 12.6 Å². The zero-order valence-corrected chi connectivity index (χ0v) is 7.61. The molecule has 0 radical (unpaired) electrons. The number of amides is 1. The second kappa shape index (κ2) is 5.06. The van der Waals surface area contributed by atoms with Crippen molar-refractivity contribution in [2.24, 2.45) is 0 Å². The first kappa shape index (κ1) is 12.2. The molecule has 13 heavy (non-hydrogen) atoms. The highest BCUT2D eigenvalue weighted by Gasteiger charge is 2.25. The lowest BCUT2D eigenvalue weighted by Gasteiger charge is -2.11. The fraction of sp³-hybridized carbons (Fsp3) is 0.857. The van der Waals surface area contributed by atoms with Gasteiger partial charge in [-0.1, -0.05) is 0 Å². The largest absolute Gasteiger partial charge is 0.390 e. The Hall–Kier alpha value is -0.780. The normalized spacial score (nSPS) is 11.5. The summed E-state index contributed by atoms with van der Waals surface area (Å²) in [5.74, 6) is -0.234. The Morgan fingerprint density at radius 1 is 1.38 bits per heavy atom. The van der Waals surface area contributed by atoms with E-state index in [1.54, 1.807) is 14.1 Å². The van der Waals surface area contributed by atoms with Crippen LogP contribution in [-0.4, -0.2) is 44.2 Å². The molecular formula is C7H13F3N2O. The van der Waals surface area contributed by atoms with Crippen molar-refractivity contribution in [2.45, 2.75) is 12.6 Å². The molecule has 0 rings (SSSR count). The van der Waals surface area contributed by atoms with E-state index >= 15 is 0 Å². The SMILES string of the molecule is CN(C)C(=O)CNCCC(F)(F)F. The minimum atomic E-state index is -4.16. The van der Waals surface area contributed by atoms with Crippen molar-refractivity contribution < 1.29 is 18.0 Å². The lowest BCUT2D eigenvalue weighted by atomic mass is 10.4. The second-order valence-corrected chi connectivity index (χ2v) is 2.83. The molecular weight excluding hydrogens is 185 g/mol. The summed E-state index contributed by atoms with van der Waals surface area (Å²) in [6.45, 7) is -0.272. The van der Waals surface area contributed by atoms with E-state index in [-0.39, 0.29) is 19.0 Å². The highest BCUT2D eigenvalue weighted by Crippen LogP contribution is 2.17. The van der Waals surface area contributed by atoms with Gasteiger partial charge in [-0.25, -0.2) is 0 Å². The Morgan fingerprint density at radius 2 is 1.92 bits per heavy atom. The van der Waals surface area contributed by atoms with E-state index in [1.165, 1.54) is 4.90 Å². The van der Waals surface area contributed by atoms with Crippen LogP contribution >= 0.6 is 0 Å². The predicted molar refractivity (Wildman–Crippen MR) is 42.2 cm³/mol. The zero-order chi connectivity index (χ0) is 10.5. The average Bonchev–Trinajstić information content (AvgIpc) is 1.95. The molecule has 0 fully saturated rings. The summed E-state index contributed by atoms with van der Waals surface area (Å²) >= 11 is 0. The number of halogens is 3. The molecule has 0 aromatic rings. The number of carbonyl (C=O) groups excluding carboxylic acids is 1. The maximum Gasteiger partial charge on any atom is 0.390 e. The third-order valence-electron chi connectivity index (χ3n) is 1.36. The molecule has 0 aliphatic carbocycles. The Labute approximate surface area is 74.9 Å². The second-order valence-electron chi connectivity index (χ2n) is 2.83. The lowest BCUT2D eigenvalue weighted by molar-refractivity contribution is -0.135. The van der Waals surface area contributed by atoms with Gasteiger partial charge in [0.25, 0.3) is 0 Å². The number of likely N-dealkylation sites (N-methyl/N-ethyl adjacent to an activating group) is 1. The molecule has 0 unspecified atom stereocenters. The molecule has 0 saturated heterocycles. The summed E-state index contributed by atoms with van der Waals surface area (Å²) in [5.41, 5.74) is 0. The third-order valence-corrected chi connectivity index (χ3v) is 1.36. The molecule has 0 saturated carbocycles. The van der Waals surface area contributed by atoms with Crippen LogP contribution in [0.2, 0.25) is 0 Å². The molecule has 1 amide bonds. The van der Waals surface area contributed by atoms with Gasteiger partial charge in [0.15, 0.2) is 0 Å². The van der Waals surface area contributed by atoms with Gasteiger partial charge in [0, 0.05) is 20.6 Å². The van der Waals surface area contributed by atoms with Gasteiger partial charge < -0.3 is 10.2 Å². The van der Waals surface area contributed by atoms with Gasteiger partial charge in [0.2, 0.25) is 5.91 Å². The minimum absolute atomic E-state index is 0.0525. The van der Waals surface area contributed by atoms with Crippen molar-refractivity contribution >= 4 is 5.91 Å². The Balaban J connectivity index is 3.42. The molecule has 0 aliphatic heterocycles. The maximum atomic E-state index is 11.6. The first-order valence-corrected chi connectivity index (χ1v) is 3.80. The summed E-state index contributed by atoms with van der Waals surface area (Å²) in [7, 11) is 3.10. The molecule has 0 spiro atoms. The number of carbonyl (C=O) groups is 1. The topological polar surface area (TPSA) is 32.3 Å². The first-order valence-electron chi connectivity index (χ1n) is 3.80. The minimum Gasteiger partial charge on any atom is -0.348 e. The van der Waals surface area contributed by atoms with Gasteiger partial charge in [-0.15, -0.1) is 0 Å². The summed E-state index contributed by atoms with van der Waals surface area (Å²) in [6.07, 6.45) is -5.07. The van der Waals surface area contributed by atoms with Gasteiger partial charge in [0.05, 0.1) is 13.0 Å². The van der Waals surface area contributed by atoms with Crippen LogP contribution in [0.4, 0.5) is 13.2 Å². The van der Waals surface area contributed by atoms with Crippen LogP contribution in [0.3, 0.4) is 0 Å². The van der Waals surface area contributed by atoms with Crippen molar-refractivity contribution in [1.82, 2.24) is 10.2 Å². The summed E-state index contributed by atoms with van der Waals surface area (Å²) in [4.78, 5) is 12.2. The molecule has 0 aliphatic rings. The van der Waals surface area contributed by atoms with E-state index in [0.29, 0.717) is 0 Å². The predicted octanol–water partition coefficient (Wildman–Crippen LogP) is 0.617. The maximum absolute atomic E-state index is 11.6. The van der Waals surface area contributed by atoms with Gasteiger partial charge >= 0.3 is 6.18 Å². The lowest BCUT2D eigenvalue weighted by Crippen LogP contribution is -2.34. The number of nitrogens with zero attached hydrogens (tertiary/aromatic N) is 1. The van der Waals surface area contributed by atoms with E-state index in [4.69, 9.17) is 0 Å². The summed E-state index contributed by atoms with van der Waals surface area (Å²) in [6, 6.07) is 0. The molecule has 1 N–H and O–H groups in total. The monoisotopic (exact) mass is 198 g/mol. The van der Waals surface area contributed by atoms with Crippen molar-refractivity contribution in [1.29, 1.82) is 0 Å². The average molecular weight is 198 g/mol. The van der Waals surface area contributed by atoms with E-state index in [1.807, 2.05) is 0 Å². The molecule has 0 aromatic carbocycles. The van der Waals surface area contributed by atoms with Crippen molar-refractivity contribution in [3.8, 4) is 0 Å². The number of nitrogens with one attached hydrogen (secondary N) is 1. The van der Waals surface area contributed by atoms with Crippen molar-refractivity contribution in [3.05, 3.63) is 0 Å². The van der Waals surface area contributed by atoms with E-state index in [9.17, 15) is 18.0 Å². The van der Waals surface area contributed by atoms with Crippen LogP contribution in [0.25, 0.3) is 0 Å². The van der Waals surface area contributed by atoms with Crippen LogP contribution < -0.4 is 5.32 Å². The molecule has 78 valence electrons.